The Labute approximate surface area is 140 Å². The van der Waals surface area contributed by atoms with Gasteiger partial charge in [0.15, 0.2) is 0 Å². The number of aromatic nitrogens is 1. The van der Waals surface area contributed by atoms with Crippen molar-refractivity contribution in [2.75, 3.05) is 7.11 Å². The van der Waals surface area contributed by atoms with Gasteiger partial charge >= 0.3 is 0 Å². The summed E-state index contributed by atoms with van der Waals surface area (Å²) in [6, 6.07) is 16.8. The van der Waals surface area contributed by atoms with Crippen molar-refractivity contribution in [3.8, 4) is 17.0 Å². The molecule has 0 aliphatic rings. The quantitative estimate of drug-likeness (QED) is 0.527. The lowest BCUT2D eigenvalue weighted by molar-refractivity contribution is -0.569. The van der Waals surface area contributed by atoms with Crippen LogP contribution in [0.3, 0.4) is 0 Å². The Kier molecular flexibility index (Phi) is 3.93. The lowest BCUT2D eigenvalue weighted by atomic mass is 9.90. The number of para-hydroxylation sites is 1. The van der Waals surface area contributed by atoms with Gasteiger partial charge in [-0.25, -0.2) is 4.98 Å². The second kappa shape index (κ2) is 5.92. The van der Waals surface area contributed by atoms with Crippen molar-refractivity contribution in [2.24, 2.45) is 0 Å². The van der Waals surface area contributed by atoms with Gasteiger partial charge in [-0.1, -0.05) is 18.2 Å². The van der Waals surface area contributed by atoms with Crippen molar-refractivity contribution in [2.45, 2.75) is 19.4 Å². The molecule has 3 aromatic rings. The number of nitro groups is 1. The van der Waals surface area contributed by atoms with Gasteiger partial charge in [0.25, 0.3) is 0 Å². The maximum atomic E-state index is 11.6. The minimum atomic E-state index is -1.20. The van der Waals surface area contributed by atoms with Gasteiger partial charge in [-0.3, -0.25) is 10.1 Å². The molecular formula is C19H18N2O3. The van der Waals surface area contributed by atoms with Gasteiger partial charge < -0.3 is 4.74 Å². The SMILES string of the molecule is COc1ccc(-c2cc(C(C)(C)[N+](=O)[O-])c3ccccc3n2)cc1. The maximum absolute atomic E-state index is 11.6. The molecule has 0 saturated heterocycles. The van der Waals surface area contributed by atoms with E-state index in [0.29, 0.717) is 11.3 Å². The maximum Gasteiger partial charge on any atom is 0.242 e. The van der Waals surface area contributed by atoms with E-state index in [1.807, 2.05) is 54.6 Å². The molecule has 0 spiro atoms. The number of methoxy groups -OCH3 is 1. The van der Waals surface area contributed by atoms with E-state index in [9.17, 15) is 10.1 Å². The standard InChI is InChI=1S/C19H18N2O3/c1-19(2,21(22)23)16-12-18(13-8-10-14(24-3)11-9-13)20-17-7-5-4-6-15(16)17/h4-12H,1-3H3. The Hall–Kier alpha value is -2.95. The Morgan fingerprint density at radius 2 is 1.75 bits per heavy atom. The molecule has 0 N–H and O–H groups in total. The van der Waals surface area contributed by atoms with Gasteiger partial charge in [0.1, 0.15) is 5.75 Å². The zero-order chi connectivity index (χ0) is 17.3. The van der Waals surface area contributed by atoms with Crippen LogP contribution in [-0.4, -0.2) is 17.0 Å². The Bertz CT molecular complexity index is 902. The van der Waals surface area contributed by atoms with E-state index in [1.165, 1.54) is 0 Å². The van der Waals surface area contributed by atoms with Crippen molar-refractivity contribution in [3.63, 3.8) is 0 Å². The molecule has 122 valence electrons. The first-order valence-electron chi connectivity index (χ1n) is 7.62. The van der Waals surface area contributed by atoms with Crippen LogP contribution in [0.15, 0.2) is 54.6 Å². The number of pyridine rings is 1. The van der Waals surface area contributed by atoms with Crippen LogP contribution in [0.5, 0.6) is 5.75 Å². The molecule has 3 rings (SSSR count). The highest BCUT2D eigenvalue weighted by molar-refractivity contribution is 5.86. The van der Waals surface area contributed by atoms with E-state index >= 15 is 0 Å². The zero-order valence-corrected chi connectivity index (χ0v) is 13.8. The summed E-state index contributed by atoms with van der Waals surface area (Å²) in [7, 11) is 1.61. The van der Waals surface area contributed by atoms with E-state index < -0.39 is 5.54 Å². The van der Waals surface area contributed by atoms with Crippen molar-refractivity contribution in [1.82, 2.24) is 4.98 Å². The third kappa shape index (κ3) is 2.69. The molecule has 0 unspecified atom stereocenters. The van der Waals surface area contributed by atoms with Crippen LogP contribution in [0.2, 0.25) is 0 Å². The molecule has 2 aromatic carbocycles. The highest BCUT2D eigenvalue weighted by atomic mass is 16.6. The molecule has 0 aliphatic carbocycles. The van der Waals surface area contributed by atoms with Gasteiger partial charge in [0.05, 0.1) is 18.3 Å². The fourth-order valence-corrected chi connectivity index (χ4v) is 2.69. The zero-order valence-electron chi connectivity index (χ0n) is 13.8. The van der Waals surface area contributed by atoms with Gasteiger partial charge in [0, 0.05) is 35.3 Å². The predicted molar refractivity (Wildman–Crippen MR) is 93.8 cm³/mol. The van der Waals surface area contributed by atoms with Crippen LogP contribution >= 0.6 is 0 Å². The average molecular weight is 322 g/mol. The molecular weight excluding hydrogens is 304 g/mol. The summed E-state index contributed by atoms with van der Waals surface area (Å²) < 4.78 is 5.18. The van der Waals surface area contributed by atoms with Crippen molar-refractivity contribution < 1.29 is 9.66 Å². The molecule has 0 amide bonds. The number of ether oxygens (including phenoxy) is 1. The Morgan fingerprint density at radius 1 is 1.08 bits per heavy atom. The summed E-state index contributed by atoms with van der Waals surface area (Å²) in [6.45, 7) is 3.24. The van der Waals surface area contributed by atoms with E-state index in [-0.39, 0.29) is 4.92 Å². The second-order valence-electron chi connectivity index (χ2n) is 6.12. The van der Waals surface area contributed by atoms with Crippen LogP contribution in [0, 0.1) is 10.1 Å². The molecule has 0 atom stereocenters. The number of benzene rings is 2. The number of hydrogen-bond acceptors (Lipinski definition) is 4. The van der Waals surface area contributed by atoms with Crippen LogP contribution in [0.4, 0.5) is 0 Å². The fourth-order valence-electron chi connectivity index (χ4n) is 2.69. The van der Waals surface area contributed by atoms with Gasteiger partial charge in [-0.05, 0) is 36.4 Å². The summed E-state index contributed by atoms with van der Waals surface area (Å²) in [5, 5.41) is 12.4. The van der Waals surface area contributed by atoms with Crippen LogP contribution in [-0.2, 0) is 5.54 Å². The predicted octanol–water partition coefficient (Wildman–Crippen LogP) is 4.42. The van der Waals surface area contributed by atoms with E-state index in [0.717, 1.165) is 22.2 Å². The number of rotatable bonds is 4. The third-order valence-corrected chi connectivity index (χ3v) is 4.22. The smallest absolute Gasteiger partial charge is 0.242 e. The first kappa shape index (κ1) is 15.9. The summed E-state index contributed by atoms with van der Waals surface area (Å²) in [4.78, 5) is 16.0. The van der Waals surface area contributed by atoms with Crippen LogP contribution < -0.4 is 4.74 Å². The molecule has 5 heteroatoms. The molecule has 1 aromatic heterocycles. The van der Waals surface area contributed by atoms with Gasteiger partial charge in [0.2, 0.25) is 5.54 Å². The van der Waals surface area contributed by atoms with E-state index in [1.54, 1.807) is 21.0 Å². The number of hydrogen-bond donors (Lipinski definition) is 0. The van der Waals surface area contributed by atoms with E-state index in [2.05, 4.69) is 4.98 Å². The third-order valence-electron chi connectivity index (χ3n) is 4.22. The highest BCUT2D eigenvalue weighted by Crippen LogP contribution is 2.33. The lowest BCUT2D eigenvalue weighted by Gasteiger charge is -2.19. The Morgan fingerprint density at radius 3 is 2.38 bits per heavy atom. The summed E-state index contributed by atoms with van der Waals surface area (Å²) in [5.74, 6) is 0.755. The number of fused-ring (bicyclic) bond motifs is 1. The van der Waals surface area contributed by atoms with Crippen LogP contribution in [0.25, 0.3) is 22.2 Å². The summed E-state index contributed by atoms with van der Waals surface area (Å²) >= 11 is 0. The van der Waals surface area contributed by atoms with Crippen molar-refractivity contribution >= 4 is 10.9 Å². The van der Waals surface area contributed by atoms with Gasteiger partial charge in [-0.2, -0.15) is 0 Å². The molecule has 0 fully saturated rings. The number of nitrogens with zero attached hydrogens (tertiary/aromatic N) is 2. The first-order valence-corrected chi connectivity index (χ1v) is 7.62. The molecule has 24 heavy (non-hydrogen) atoms. The first-order chi connectivity index (χ1) is 11.4. The van der Waals surface area contributed by atoms with Crippen molar-refractivity contribution in [3.05, 3.63) is 70.3 Å². The molecule has 0 radical (unpaired) electrons. The normalized spacial score (nSPS) is 11.5. The molecule has 0 aliphatic heterocycles. The monoisotopic (exact) mass is 322 g/mol. The lowest BCUT2D eigenvalue weighted by Crippen LogP contribution is -2.28. The van der Waals surface area contributed by atoms with E-state index in [4.69, 9.17) is 4.74 Å². The van der Waals surface area contributed by atoms with Crippen LogP contribution in [0.1, 0.15) is 19.4 Å². The topological polar surface area (TPSA) is 65.3 Å². The summed E-state index contributed by atoms with van der Waals surface area (Å²) in [6.07, 6.45) is 0. The average Bonchev–Trinajstić information content (AvgIpc) is 2.60. The minimum Gasteiger partial charge on any atom is -0.497 e. The Balaban J connectivity index is 2.25. The molecule has 5 nitrogen and oxygen atoms in total. The van der Waals surface area contributed by atoms with Gasteiger partial charge in [-0.15, -0.1) is 0 Å². The highest BCUT2D eigenvalue weighted by Gasteiger charge is 2.35. The molecule has 1 heterocycles. The van der Waals surface area contributed by atoms with Crippen molar-refractivity contribution in [1.29, 1.82) is 0 Å². The molecule has 0 bridgehead atoms. The summed E-state index contributed by atoms with van der Waals surface area (Å²) in [5.41, 5.74) is 1.80. The second-order valence-corrected chi connectivity index (χ2v) is 6.12. The molecule has 0 saturated carbocycles. The minimum absolute atomic E-state index is 0.257. The largest absolute Gasteiger partial charge is 0.497 e. The fraction of sp³-hybridized carbons (Fsp3) is 0.211.